The minimum absolute atomic E-state index is 0.369. The van der Waals surface area contributed by atoms with Crippen LogP contribution in [-0.2, 0) is 0 Å². The second kappa shape index (κ2) is 5.27. The average molecular weight is 284 g/mol. The first-order valence-electron chi connectivity index (χ1n) is 6.00. The van der Waals surface area contributed by atoms with E-state index in [0.717, 1.165) is 17.5 Å². The molecule has 0 aliphatic rings. The molecule has 3 aromatic rings. The molecule has 98 valence electrons. The lowest BCUT2D eigenvalue weighted by atomic mass is 10.1. The summed E-state index contributed by atoms with van der Waals surface area (Å²) in [6, 6.07) is 13.1. The number of pyridine rings is 1. The quantitative estimate of drug-likeness (QED) is 0.547. The van der Waals surface area contributed by atoms with Crippen LogP contribution in [-0.4, -0.2) is 21.1 Å². The van der Waals surface area contributed by atoms with E-state index in [1.54, 1.807) is 29.2 Å². The molecule has 0 aliphatic carbocycles. The first kappa shape index (κ1) is 12.6. The number of rotatable bonds is 3. The summed E-state index contributed by atoms with van der Waals surface area (Å²) in [5.41, 5.74) is 2.76. The number of carbonyl (C=O) groups excluding carboxylic acids is 1. The summed E-state index contributed by atoms with van der Waals surface area (Å²) >= 11 is 5.88. The van der Waals surface area contributed by atoms with Crippen molar-refractivity contribution in [3.05, 3.63) is 65.6 Å². The van der Waals surface area contributed by atoms with Crippen LogP contribution in [0.25, 0.3) is 16.9 Å². The van der Waals surface area contributed by atoms with Gasteiger partial charge in [0.05, 0.1) is 11.3 Å². The third-order valence-corrected chi connectivity index (χ3v) is 3.10. The topological polar surface area (TPSA) is 47.8 Å². The first-order chi connectivity index (χ1) is 9.78. The van der Waals surface area contributed by atoms with Gasteiger partial charge in [0.15, 0.2) is 6.29 Å². The molecule has 0 bridgehead atoms. The molecule has 0 atom stereocenters. The molecule has 0 N–H and O–H groups in total. The number of aldehydes is 1. The lowest BCUT2D eigenvalue weighted by Gasteiger charge is -2.00. The minimum atomic E-state index is 0.369. The van der Waals surface area contributed by atoms with Crippen LogP contribution in [0.2, 0.25) is 5.15 Å². The van der Waals surface area contributed by atoms with Gasteiger partial charge in [-0.15, -0.1) is 0 Å². The van der Waals surface area contributed by atoms with Crippen molar-refractivity contribution in [3.8, 4) is 16.9 Å². The van der Waals surface area contributed by atoms with Crippen molar-refractivity contribution in [2.24, 2.45) is 0 Å². The van der Waals surface area contributed by atoms with Crippen molar-refractivity contribution >= 4 is 17.9 Å². The molecule has 2 aromatic heterocycles. The summed E-state index contributed by atoms with van der Waals surface area (Å²) in [6.45, 7) is 0. The van der Waals surface area contributed by atoms with E-state index in [2.05, 4.69) is 10.1 Å². The van der Waals surface area contributed by atoms with E-state index < -0.39 is 0 Å². The molecule has 0 amide bonds. The van der Waals surface area contributed by atoms with Crippen LogP contribution in [0.5, 0.6) is 0 Å². The fourth-order valence-electron chi connectivity index (χ4n) is 1.96. The Hall–Kier alpha value is -2.46. The number of halogens is 1. The van der Waals surface area contributed by atoms with Crippen LogP contribution in [0.15, 0.2) is 54.9 Å². The number of benzene rings is 1. The van der Waals surface area contributed by atoms with Crippen molar-refractivity contribution in [3.63, 3.8) is 0 Å². The zero-order valence-electron chi connectivity index (χ0n) is 10.4. The summed E-state index contributed by atoms with van der Waals surface area (Å²) in [6.07, 6.45) is 4.08. The predicted molar refractivity (Wildman–Crippen MR) is 77.2 cm³/mol. The van der Waals surface area contributed by atoms with E-state index in [1.807, 2.05) is 30.3 Å². The molecule has 0 spiro atoms. The zero-order valence-corrected chi connectivity index (χ0v) is 11.2. The molecule has 0 saturated heterocycles. The molecule has 5 heteroatoms. The number of hydrogen-bond acceptors (Lipinski definition) is 3. The van der Waals surface area contributed by atoms with Crippen LogP contribution < -0.4 is 0 Å². The Kier molecular flexibility index (Phi) is 3.31. The fourth-order valence-corrected chi connectivity index (χ4v) is 2.13. The molecule has 1 aromatic carbocycles. The summed E-state index contributed by atoms with van der Waals surface area (Å²) in [5.74, 6) is 0. The number of nitrogens with zero attached hydrogens (tertiary/aromatic N) is 3. The predicted octanol–water partition coefficient (Wildman–Crippen LogP) is 3.40. The highest BCUT2D eigenvalue weighted by atomic mass is 35.5. The van der Waals surface area contributed by atoms with Gasteiger partial charge in [0.1, 0.15) is 10.8 Å². The van der Waals surface area contributed by atoms with Gasteiger partial charge in [0, 0.05) is 18.0 Å². The van der Waals surface area contributed by atoms with Crippen LogP contribution in [0, 0.1) is 0 Å². The number of hydrogen-bond donors (Lipinski definition) is 0. The molecule has 4 nitrogen and oxygen atoms in total. The maximum absolute atomic E-state index is 11.2. The highest BCUT2D eigenvalue weighted by Crippen LogP contribution is 2.23. The summed E-state index contributed by atoms with van der Waals surface area (Å²) in [4.78, 5) is 15.2. The number of carbonyl (C=O) groups is 1. The average Bonchev–Trinajstić information content (AvgIpc) is 2.92. The normalized spacial score (nSPS) is 10.4. The Morgan fingerprint density at radius 3 is 2.65 bits per heavy atom. The van der Waals surface area contributed by atoms with Crippen LogP contribution in [0.1, 0.15) is 10.4 Å². The van der Waals surface area contributed by atoms with Gasteiger partial charge in [0.25, 0.3) is 0 Å². The van der Waals surface area contributed by atoms with E-state index in [4.69, 9.17) is 11.6 Å². The Labute approximate surface area is 120 Å². The molecular weight excluding hydrogens is 274 g/mol. The van der Waals surface area contributed by atoms with Crippen LogP contribution in [0.4, 0.5) is 0 Å². The molecule has 20 heavy (non-hydrogen) atoms. The summed E-state index contributed by atoms with van der Waals surface area (Å²) < 4.78 is 1.67. The Morgan fingerprint density at radius 2 is 1.95 bits per heavy atom. The molecule has 0 unspecified atom stereocenters. The summed E-state index contributed by atoms with van der Waals surface area (Å²) in [7, 11) is 0. The Bertz CT molecular complexity index is 753. The third kappa shape index (κ3) is 2.33. The monoisotopic (exact) mass is 283 g/mol. The standard InChI is InChI=1S/C15H10ClN3O/c16-14-8-11(6-7-17-14)15-12(10-20)9-19(18-15)13-4-2-1-3-5-13/h1-10H. The maximum Gasteiger partial charge on any atom is 0.153 e. The number of para-hydroxylation sites is 1. The molecule has 3 rings (SSSR count). The first-order valence-corrected chi connectivity index (χ1v) is 6.38. The zero-order chi connectivity index (χ0) is 13.9. The Morgan fingerprint density at radius 1 is 1.15 bits per heavy atom. The molecule has 0 saturated carbocycles. The van der Waals surface area contributed by atoms with Crippen LogP contribution in [0.3, 0.4) is 0 Å². The smallest absolute Gasteiger partial charge is 0.153 e. The van der Waals surface area contributed by atoms with Gasteiger partial charge in [0.2, 0.25) is 0 Å². The van der Waals surface area contributed by atoms with E-state index in [1.165, 1.54) is 0 Å². The van der Waals surface area contributed by atoms with Crippen molar-refractivity contribution in [2.45, 2.75) is 0 Å². The van der Waals surface area contributed by atoms with E-state index in [9.17, 15) is 4.79 Å². The minimum Gasteiger partial charge on any atom is -0.298 e. The highest BCUT2D eigenvalue weighted by Gasteiger charge is 2.12. The van der Waals surface area contributed by atoms with Gasteiger partial charge in [-0.25, -0.2) is 9.67 Å². The van der Waals surface area contributed by atoms with Crippen LogP contribution >= 0.6 is 11.6 Å². The van der Waals surface area contributed by atoms with Gasteiger partial charge >= 0.3 is 0 Å². The van der Waals surface area contributed by atoms with Crippen molar-refractivity contribution in [1.29, 1.82) is 0 Å². The van der Waals surface area contributed by atoms with E-state index >= 15 is 0 Å². The molecule has 2 heterocycles. The van der Waals surface area contributed by atoms with Gasteiger partial charge in [-0.1, -0.05) is 29.8 Å². The highest BCUT2D eigenvalue weighted by molar-refractivity contribution is 6.29. The van der Waals surface area contributed by atoms with Crippen molar-refractivity contribution < 1.29 is 4.79 Å². The lowest BCUT2D eigenvalue weighted by Crippen LogP contribution is -1.94. The number of aromatic nitrogens is 3. The second-order valence-electron chi connectivity index (χ2n) is 4.20. The van der Waals surface area contributed by atoms with Gasteiger partial charge < -0.3 is 0 Å². The largest absolute Gasteiger partial charge is 0.298 e. The SMILES string of the molecule is O=Cc1cn(-c2ccccc2)nc1-c1ccnc(Cl)c1. The molecule has 0 aliphatic heterocycles. The fraction of sp³-hybridized carbons (Fsp3) is 0. The van der Waals surface area contributed by atoms with Gasteiger partial charge in [-0.05, 0) is 24.3 Å². The van der Waals surface area contributed by atoms with E-state index in [-0.39, 0.29) is 0 Å². The van der Waals surface area contributed by atoms with Gasteiger partial charge in [-0.3, -0.25) is 4.79 Å². The molecular formula is C15H10ClN3O. The summed E-state index contributed by atoms with van der Waals surface area (Å²) in [5, 5.41) is 4.83. The second-order valence-corrected chi connectivity index (χ2v) is 4.59. The molecule has 0 radical (unpaired) electrons. The lowest BCUT2D eigenvalue weighted by molar-refractivity contribution is 0.112. The Balaban J connectivity index is 2.13. The molecule has 0 fully saturated rings. The van der Waals surface area contributed by atoms with Gasteiger partial charge in [-0.2, -0.15) is 5.10 Å². The van der Waals surface area contributed by atoms with Crippen molar-refractivity contribution in [1.82, 2.24) is 14.8 Å². The maximum atomic E-state index is 11.2. The van der Waals surface area contributed by atoms with Crippen molar-refractivity contribution in [2.75, 3.05) is 0 Å². The van der Waals surface area contributed by atoms with E-state index in [0.29, 0.717) is 16.4 Å². The third-order valence-electron chi connectivity index (χ3n) is 2.89.